The summed E-state index contributed by atoms with van der Waals surface area (Å²) in [4.78, 5) is 12.7. The molecule has 0 spiro atoms. The van der Waals surface area contributed by atoms with Crippen LogP contribution in [0.5, 0.6) is 0 Å². The number of rotatable bonds is 0. The van der Waals surface area contributed by atoms with E-state index in [0.29, 0.717) is 5.82 Å². The van der Waals surface area contributed by atoms with E-state index in [1.54, 1.807) is 0 Å². The number of aryl methyl sites for hydroxylation is 1. The average Bonchev–Trinajstić information content (AvgIpc) is 2.68. The fraction of sp³-hybridized carbons (Fsp3) is 0.381. The topological polar surface area (TPSA) is 50.7 Å². The number of nitrogens with one attached hydrogen (secondary N) is 1. The third-order valence-electron chi connectivity index (χ3n) is 5.39. The first-order valence-corrected chi connectivity index (χ1v) is 9.91. The summed E-state index contributed by atoms with van der Waals surface area (Å²) in [7, 11) is 0. The van der Waals surface area contributed by atoms with Crippen LogP contribution >= 0.6 is 11.6 Å². The highest BCUT2D eigenvalue weighted by Crippen LogP contribution is 2.42. The molecule has 1 aromatic carbocycles. The van der Waals surface area contributed by atoms with Gasteiger partial charge in [0, 0.05) is 5.92 Å². The fourth-order valence-electron chi connectivity index (χ4n) is 3.90. The highest BCUT2D eigenvalue weighted by atomic mass is 35.5. The molecule has 1 N–H and O–H groups in total. The Kier molecular flexibility index (Phi) is 5.11. The molecular formula is C21H20ClF3N4. The highest BCUT2D eigenvalue weighted by Gasteiger charge is 2.38. The zero-order chi connectivity index (χ0) is 20.8. The summed E-state index contributed by atoms with van der Waals surface area (Å²) in [6, 6.07) is 7.75. The molecule has 3 heterocycles. The van der Waals surface area contributed by atoms with Crippen LogP contribution in [0.25, 0.3) is 10.9 Å². The molecule has 8 heteroatoms. The molecule has 3 aromatic rings. The number of benzene rings is 1. The van der Waals surface area contributed by atoms with E-state index in [1.807, 2.05) is 32.0 Å². The van der Waals surface area contributed by atoms with Gasteiger partial charge in [-0.2, -0.15) is 13.2 Å². The molecule has 2 bridgehead atoms. The Bertz CT molecular complexity index is 1070. The molecule has 2 atom stereocenters. The monoisotopic (exact) mass is 420 g/mol. The molecule has 2 aromatic heterocycles. The number of hydrogen-bond donors (Lipinski definition) is 1. The molecule has 152 valence electrons. The SMILES string of the molecule is CC1CCCc2ccccc2C(C)Nc2nc1nc1cnc(Cl)c(C(F)(F)F)c21. The summed E-state index contributed by atoms with van der Waals surface area (Å²) in [6.07, 6.45) is -0.724. The van der Waals surface area contributed by atoms with Gasteiger partial charge in [0.15, 0.2) is 0 Å². The fourth-order valence-corrected chi connectivity index (χ4v) is 4.15. The van der Waals surface area contributed by atoms with Crippen LogP contribution in [0.1, 0.15) is 61.2 Å². The van der Waals surface area contributed by atoms with Gasteiger partial charge in [0.2, 0.25) is 0 Å². The van der Waals surface area contributed by atoms with Crippen molar-refractivity contribution in [2.75, 3.05) is 5.32 Å². The van der Waals surface area contributed by atoms with E-state index < -0.39 is 16.9 Å². The maximum atomic E-state index is 13.8. The quantitative estimate of drug-likeness (QED) is 0.433. The van der Waals surface area contributed by atoms with Gasteiger partial charge < -0.3 is 5.32 Å². The summed E-state index contributed by atoms with van der Waals surface area (Å²) in [6.45, 7) is 3.91. The summed E-state index contributed by atoms with van der Waals surface area (Å²) in [5.74, 6) is 0.651. The Morgan fingerprint density at radius 3 is 2.66 bits per heavy atom. The van der Waals surface area contributed by atoms with Crippen molar-refractivity contribution in [2.24, 2.45) is 0 Å². The second kappa shape index (κ2) is 7.44. The molecule has 0 aliphatic carbocycles. The van der Waals surface area contributed by atoms with Crippen molar-refractivity contribution in [2.45, 2.75) is 51.2 Å². The van der Waals surface area contributed by atoms with E-state index in [-0.39, 0.29) is 28.7 Å². The van der Waals surface area contributed by atoms with Gasteiger partial charge in [-0.05, 0) is 37.3 Å². The second-order valence-corrected chi connectivity index (χ2v) is 7.83. The maximum Gasteiger partial charge on any atom is 0.420 e. The number of alkyl halides is 3. The van der Waals surface area contributed by atoms with Crippen LogP contribution in [0.2, 0.25) is 5.15 Å². The van der Waals surface area contributed by atoms with E-state index in [2.05, 4.69) is 26.3 Å². The van der Waals surface area contributed by atoms with Crippen molar-refractivity contribution in [3.8, 4) is 0 Å². The second-order valence-electron chi connectivity index (χ2n) is 7.47. The molecule has 0 amide bonds. The summed E-state index contributed by atoms with van der Waals surface area (Å²) in [5, 5.41) is 2.46. The summed E-state index contributed by atoms with van der Waals surface area (Å²) in [5.41, 5.74) is 1.36. The third-order valence-corrected chi connectivity index (χ3v) is 5.68. The van der Waals surface area contributed by atoms with Crippen LogP contribution in [-0.4, -0.2) is 15.0 Å². The van der Waals surface area contributed by atoms with Gasteiger partial charge in [0.1, 0.15) is 22.4 Å². The molecule has 4 nitrogen and oxygen atoms in total. The molecule has 1 aliphatic rings. The van der Waals surface area contributed by atoms with Crippen LogP contribution in [0.15, 0.2) is 30.5 Å². The maximum absolute atomic E-state index is 13.8. The van der Waals surface area contributed by atoms with Crippen molar-refractivity contribution >= 4 is 28.3 Å². The number of fused-ring (bicyclic) bond motifs is 5. The molecule has 0 saturated carbocycles. The zero-order valence-electron chi connectivity index (χ0n) is 16.0. The zero-order valence-corrected chi connectivity index (χ0v) is 16.8. The minimum Gasteiger partial charge on any atom is -0.363 e. The average molecular weight is 421 g/mol. The molecule has 1 aliphatic heterocycles. The lowest BCUT2D eigenvalue weighted by Crippen LogP contribution is -2.15. The Labute approximate surface area is 171 Å². The number of nitrogens with zero attached hydrogens (tertiary/aromatic N) is 3. The molecule has 0 saturated heterocycles. The van der Waals surface area contributed by atoms with Gasteiger partial charge in [-0.3, -0.25) is 0 Å². The van der Waals surface area contributed by atoms with E-state index in [9.17, 15) is 13.2 Å². The van der Waals surface area contributed by atoms with E-state index in [4.69, 9.17) is 11.6 Å². The van der Waals surface area contributed by atoms with Crippen molar-refractivity contribution in [3.63, 3.8) is 0 Å². The number of aromatic nitrogens is 3. The first-order chi connectivity index (χ1) is 13.8. The van der Waals surface area contributed by atoms with Crippen molar-refractivity contribution in [1.82, 2.24) is 15.0 Å². The largest absolute Gasteiger partial charge is 0.420 e. The van der Waals surface area contributed by atoms with E-state index >= 15 is 0 Å². The standard InChI is InChI=1S/C21H20ClF3N4/c1-11-6-5-8-13-7-3-4-9-14(13)12(2)27-20-16-15(28-19(11)29-20)10-26-18(22)17(16)21(23,24)25/h3-4,7,9-12H,5-6,8H2,1-2H3,(H,27,28,29). The number of halogens is 4. The van der Waals surface area contributed by atoms with Crippen LogP contribution < -0.4 is 5.32 Å². The van der Waals surface area contributed by atoms with E-state index in [1.165, 1.54) is 11.8 Å². The molecule has 0 fully saturated rings. The van der Waals surface area contributed by atoms with Gasteiger partial charge in [-0.25, -0.2) is 15.0 Å². The lowest BCUT2D eigenvalue weighted by atomic mass is 9.95. The minimum absolute atomic E-state index is 0.00512. The van der Waals surface area contributed by atoms with Gasteiger partial charge in [-0.1, -0.05) is 42.8 Å². The molecule has 29 heavy (non-hydrogen) atoms. The number of anilines is 1. The van der Waals surface area contributed by atoms with Gasteiger partial charge in [0.05, 0.1) is 23.1 Å². The summed E-state index contributed by atoms with van der Waals surface area (Å²) >= 11 is 5.86. The van der Waals surface area contributed by atoms with Gasteiger partial charge in [-0.15, -0.1) is 0 Å². The highest BCUT2D eigenvalue weighted by molar-refractivity contribution is 6.31. The van der Waals surface area contributed by atoms with Gasteiger partial charge >= 0.3 is 6.18 Å². The molecular weight excluding hydrogens is 401 g/mol. The lowest BCUT2D eigenvalue weighted by Gasteiger charge is -2.21. The Morgan fingerprint density at radius 2 is 1.90 bits per heavy atom. The molecule has 4 rings (SSSR count). The van der Waals surface area contributed by atoms with Gasteiger partial charge in [0.25, 0.3) is 0 Å². The third kappa shape index (κ3) is 3.75. The molecule has 2 unspecified atom stereocenters. The first kappa shape index (κ1) is 19.9. The first-order valence-electron chi connectivity index (χ1n) is 9.53. The predicted molar refractivity (Wildman–Crippen MR) is 107 cm³/mol. The molecule has 0 radical (unpaired) electrons. The van der Waals surface area contributed by atoms with Crippen LogP contribution in [0, 0.1) is 0 Å². The Morgan fingerprint density at radius 1 is 1.14 bits per heavy atom. The normalized spacial score (nSPS) is 19.9. The summed E-state index contributed by atoms with van der Waals surface area (Å²) < 4.78 is 41.4. The van der Waals surface area contributed by atoms with E-state index in [0.717, 1.165) is 24.8 Å². The Hall–Kier alpha value is -2.41. The van der Waals surface area contributed by atoms with Crippen LogP contribution in [-0.2, 0) is 12.6 Å². The van der Waals surface area contributed by atoms with Crippen LogP contribution in [0.4, 0.5) is 19.0 Å². The number of hydrogen-bond acceptors (Lipinski definition) is 4. The predicted octanol–water partition coefficient (Wildman–Crippen LogP) is 6.31. The smallest absolute Gasteiger partial charge is 0.363 e. The Balaban J connectivity index is 1.98. The van der Waals surface area contributed by atoms with Crippen LogP contribution in [0.3, 0.4) is 0 Å². The lowest BCUT2D eigenvalue weighted by molar-refractivity contribution is -0.136. The van der Waals surface area contributed by atoms with Crippen molar-refractivity contribution < 1.29 is 13.2 Å². The number of pyridine rings is 1. The van der Waals surface area contributed by atoms with Crippen molar-refractivity contribution in [3.05, 3.63) is 58.1 Å². The minimum atomic E-state index is -4.67. The van der Waals surface area contributed by atoms with Crippen molar-refractivity contribution in [1.29, 1.82) is 0 Å².